The van der Waals surface area contributed by atoms with Crippen LogP contribution < -0.4 is 10.6 Å². The predicted octanol–water partition coefficient (Wildman–Crippen LogP) is 5.46. The first kappa shape index (κ1) is 18.3. The van der Waals surface area contributed by atoms with Crippen molar-refractivity contribution in [3.63, 3.8) is 0 Å². The van der Waals surface area contributed by atoms with Gasteiger partial charge in [-0.15, -0.1) is 0 Å². The molecule has 0 spiro atoms. The molecule has 1 aliphatic heterocycles. The van der Waals surface area contributed by atoms with Crippen LogP contribution in [0.2, 0.25) is 0 Å². The number of nitrogens with zero attached hydrogens (tertiary/aromatic N) is 1. The molecule has 0 saturated carbocycles. The molecule has 2 amide bonds. The summed E-state index contributed by atoms with van der Waals surface area (Å²) in [4.78, 5) is 14.8. The summed E-state index contributed by atoms with van der Waals surface area (Å²) in [6, 6.07) is 22.5. The van der Waals surface area contributed by atoms with Gasteiger partial charge in [0.2, 0.25) is 0 Å². The second kappa shape index (κ2) is 7.87. The largest absolute Gasteiger partial charge is 0.323 e. The maximum Gasteiger partial charge on any atom is 0.323 e. The van der Waals surface area contributed by atoms with E-state index in [1.807, 2.05) is 38.1 Å². The topological polar surface area (TPSA) is 44.4 Å². The lowest BCUT2D eigenvalue weighted by Crippen LogP contribution is -2.19. The summed E-state index contributed by atoms with van der Waals surface area (Å²) in [5.41, 5.74) is 7.82. The molecule has 4 heteroatoms. The number of nitrogens with one attached hydrogen (secondary N) is 2. The van der Waals surface area contributed by atoms with Gasteiger partial charge in [0, 0.05) is 31.0 Å². The van der Waals surface area contributed by atoms with Gasteiger partial charge < -0.3 is 10.6 Å². The fourth-order valence-corrected chi connectivity index (χ4v) is 3.84. The third-order valence-corrected chi connectivity index (χ3v) is 4.98. The number of carbonyl (C=O) groups excluding carboxylic acids is 1. The molecule has 1 aliphatic rings. The molecular weight excluding hydrogens is 346 g/mol. The first-order chi connectivity index (χ1) is 13.5. The van der Waals surface area contributed by atoms with Gasteiger partial charge in [-0.1, -0.05) is 42.5 Å². The quantitative estimate of drug-likeness (QED) is 0.639. The van der Waals surface area contributed by atoms with Gasteiger partial charge in [0.1, 0.15) is 0 Å². The van der Waals surface area contributed by atoms with Crippen LogP contribution in [-0.2, 0) is 19.6 Å². The van der Waals surface area contributed by atoms with Crippen molar-refractivity contribution in [3.8, 4) is 0 Å². The fourth-order valence-electron chi connectivity index (χ4n) is 3.84. The number of benzene rings is 3. The average molecular weight is 371 g/mol. The highest BCUT2D eigenvalue weighted by molar-refractivity contribution is 5.99. The Balaban J connectivity index is 1.39. The van der Waals surface area contributed by atoms with Gasteiger partial charge in [-0.3, -0.25) is 4.90 Å². The molecule has 4 nitrogen and oxygen atoms in total. The van der Waals surface area contributed by atoms with Crippen molar-refractivity contribution in [3.05, 3.63) is 94.5 Å². The van der Waals surface area contributed by atoms with E-state index in [9.17, 15) is 4.79 Å². The lowest BCUT2D eigenvalue weighted by molar-refractivity contribution is 0.262. The van der Waals surface area contributed by atoms with Crippen molar-refractivity contribution in [2.45, 2.75) is 33.5 Å². The Morgan fingerprint density at radius 3 is 2.25 bits per heavy atom. The Labute approximate surface area is 166 Å². The first-order valence-corrected chi connectivity index (χ1v) is 9.59. The summed E-state index contributed by atoms with van der Waals surface area (Å²) < 4.78 is 0. The maximum absolute atomic E-state index is 12.4. The van der Waals surface area contributed by atoms with Crippen LogP contribution >= 0.6 is 0 Å². The molecule has 0 radical (unpaired) electrons. The molecule has 0 bridgehead atoms. The maximum atomic E-state index is 12.4. The SMILES string of the molecule is Cc1cc(C)cc(NC(=O)Nc2ccc3c(c2)CN(Cc2ccccc2)C3)c1. The first-order valence-electron chi connectivity index (χ1n) is 9.59. The Morgan fingerprint density at radius 1 is 0.821 bits per heavy atom. The monoisotopic (exact) mass is 371 g/mol. The minimum absolute atomic E-state index is 0.218. The Kier molecular flexibility index (Phi) is 5.13. The Bertz CT molecular complexity index is 978. The van der Waals surface area contributed by atoms with Crippen molar-refractivity contribution in [1.29, 1.82) is 0 Å². The lowest BCUT2D eigenvalue weighted by atomic mass is 10.1. The van der Waals surface area contributed by atoms with Crippen molar-refractivity contribution in [1.82, 2.24) is 4.90 Å². The number of urea groups is 1. The van der Waals surface area contributed by atoms with Crippen molar-refractivity contribution >= 4 is 17.4 Å². The van der Waals surface area contributed by atoms with Gasteiger partial charge >= 0.3 is 6.03 Å². The fraction of sp³-hybridized carbons (Fsp3) is 0.208. The third-order valence-electron chi connectivity index (χ3n) is 4.98. The number of aryl methyl sites for hydroxylation is 2. The van der Waals surface area contributed by atoms with E-state index in [1.165, 1.54) is 16.7 Å². The second-order valence-electron chi connectivity index (χ2n) is 7.57. The highest BCUT2D eigenvalue weighted by atomic mass is 16.2. The van der Waals surface area contributed by atoms with E-state index >= 15 is 0 Å². The Morgan fingerprint density at radius 2 is 1.50 bits per heavy atom. The summed E-state index contributed by atoms with van der Waals surface area (Å²) in [5.74, 6) is 0. The minimum atomic E-state index is -0.218. The van der Waals surface area contributed by atoms with Gasteiger partial charge in [-0.05, 0) is 65.9 Å². The van der Waals surface area contributed by atoms with Crippen molar-refractivity contribution < 1.29 is 4.79 Å². The van der Waals surface area contributed by atoms with E-state index in [0.29, 0.717) is 0 Å². The second-order valence-corrected chi connectivity index (χ2v) is 7.57. The zero-order chi connectivity index (χ0) is 19.5. The van der Waals surface area contributed by atoms with Crippen LogP contribution in [0.15, 0.2) is 66.7 Å². The van der Waals surface area contributed by atoms with Crippen LogP contribution in [0.25, 0.3) is 0 Å². The zero-order valence-electron chi connectivity index (χ0n) is 16.3. The number of rotatable bonds is 4. The van der Waals surface area contributed by atoms with Crippen LogP contribution in [-0.4, -0.2) is 10.9 Å². The molecule has 1 heterocycles. The van der Waals surface area contributed by atoms with Crippen LogP contribution in [0.4, 0.5) is 16.2 Å². The summed E-state index contributed by atoms with van der Waals surface area (Å²) in [7, 11) is 0. The summed E-state index contributed by atoms with van der Waals surface area (Å²) in [6.07, 6.45) is 0. The molecular formula is C24H25N3O. The smallest absolute Gasteiger partial charge is 0.308 e. The summed E-state index contributed by atoms with van der Waals surface area (Å²) in [5, 5.41) is 5.88. The van der Waals surface area contributed by atoms with Gasteiger partial charge in [0.15, 0.2) is 0 Å². The molecule has 2 N–H and O–H groups in total. The molecule has 4 rings (SSSR count). The number of hydrogen-bond acceptors (Lipinski definition) is 2. The minimum Gasteiger partial charge on any atom is -0.308 e. The molecule has 3 aromatic rings. The van der Waals surface area contributed by atoms with E-state index in [1.54, 1.807) is 0 Å². The van der Waals surface area contributed by atoms with Crippen molar-refractivity contribution in [2.24, 2.45) is 0 Å². The summed E-state index contributed by atoms with van der Waals surface area (Å²) >= 11 is 0. The van der Waals surface area contributed by atoms with E-state index in [-0.39, 0.29) is 6.03 Å². The molecule has 0 aliphatic carbocycles. The van der Waals surface area contributed by atoms with E-state index in [0.717, 1.165) is 42.1 Å². The average Bonchev–Trinajstić information content (AvgIpc) is 3.03. The van der Waals surface area contributed by atoms with Gasteiger partial charge in [-0.25, -0.2) is 4.79 Å². The van der Waals surface area contributed by atoms with E-state index in [4.69, 9.17) is 0 Å². The van der Waals surface area contributed by atoms with Gasteiger partial charge in [0.05, 0.1) is 0 Å². The number of fused-ring (bicyclic) bond motifs is 1. The number of carbonyl (C=O) groups is 1. The van der Waals surface area contributed by atoms with Crippen LogP contribution in [0, 0.1) is 13.8 Å². The molecule has 0 unspecified atom stereocenters. The van der Waals surface area contributed by atoms with Crippen LogP contribution in [0.1, 0.15) is 27.8 Å². The molecule has 142 valence electrons. The van der Waals surface area contributed by atoms with E-state index in [2.05, 4.69) is 58.0 Å². The molecule has 0 atom stereocenters. The lowest BCUT2D eigenvalue weighted by Gasteiger charge is -2.14. The molecule has 0 aromatic heterocycles. The summed E-state index contributed by atoms with van der Waals surface area (Å²) in [6.45, 7) is 6.83. The molecule has 28 heavy (non-hydrogen) atoms. The third kappa shape index (κ3) is 4.41. The number of anilines is 2. The Hall–Kier alpha value is -3.11. The number of amides is 2. The zero-order valence-corrected chi connectivity index (χ0v) is 16.3. The van der Waals surface area contributed by atoms with Gasteiger partial charge in [0.25, 0.3) is 0 Å². The highest BCUT2D eigenvalue weighted by Crippen LogP contribution is 2.27. The molecule has 0 saturated heterocycles. The van der Waals surface area contributed by atoms with Crippen LogP contribution in [0.5, 0.6) is 0 Å². The normalized spacial score (nSPS) is 13.2. The molecule has 0 fully saturated rings. The van der Waals surface area contributed by atoms with Crippen LogP contribution in [0.3, 0.4) is 0 Å². The standard InChI is InChI=1S/C24H25N3O/c1-17-10-18(2)12-23(11-17)26-24(28)25-22-9-8-20-15-27(16-21(20)13-22)14-19-6-4-3-5-7-19/h3-13H,14-16H2,1-2H3,(H2,25,26,28). The molecule has 3 aromatic carbocycles. The number of hydrogen-bond donors (Lipinski definition) is 2. The van der Waals surface area contributed by atoms with Gasteiger partial charge in [-0.2, -0.15) is 0 Å². The predicted molar refractivity (Wildman–Crippen MR) is 114 cm³/mol. The van der Waals surface area contributed by atoms with Crippen molar-refractivity contribution in [2.75, 3.05) is 10.6 Å². The van der Waals surface area contributed by atoms with E-state index < -0.39 is 0 Å². The highest BCUT2D eigenvalue weighted by Gasteiger charge is 2.19.